The number of thiophene rings is 1. The molecule has 13 heavy (non-hydrogen) atoms. The zero-order valence-electron chi connectivity index (χ0n) is 8.16. The predicted octanol–water partition coefficient (Wildman–Crippen LogP) is 3.02. The maximum absolute atomic E-state index is 8.86. The van der Waals surface area contributed by atoms with Gasteiger partial charge in [-0.15, -0.1) is 11.3 Å². The summed E-state index contributed by atoms with van der Waals surface area (Å²) in [6.45, 7) is 6.14. The molecule has 1 N–H and O–H groups in total. The molecule has 0 saturated carbocycles. The highest BCUT2D eigenvalue weighted by Crippen LogP contribution is 2.21. The molecule has 2 nitrogen and oxygen atoms in total. The number of hydrogen-bond acceptors (Lipinski definition) is 3. The summed E-state index contributed by atoms with van der Waals surface area (Å²) in [7, 11) is 0. The van der Waals surface area contributed by atoms with Gasteiger partial charge in [0.05, 0.1) is 11.1 Å². The van der Waals surface area contributed by atoms with Gasteiger partial charge < -0.3 is 5.32 Å². The molecule has 0 fully saturated rings. The van der Waals surface area contributed by atoms with E-state index in [1.165, 1.54) is 5.56 Å². The summed E-state index contributed by atoms with van der Waals surface area (Å²) in [4.78, 5) is 0. The van der Waals surface area contributed by atoms with Gasteiger partial charge >= 0.3 is 0 Å². The van der Waals surface area contributed by atoms with Crippen LogP contribution in [-0.4, -0.2) is 6.04 Å². The van der Waals surface area contributed by atoms with Gasteiger partial charge in [0.2, 0.25) is 0 Å². The van der Waals surface area contributed by atoms with Gasteiger partial charge in [-0.2, -0.15) is 5.26 Å². The third-order valence-corrected chi connectivity index (χ3v) is 2.81. The molecule has 1 rings (SSSR count). The Hall–Kier alpha value is -1.01. The molecule has 3 heteroatoms. The van der Waals surface area contributed by atoms with Crippen molar-refractivity contribution in [3.63, 3.8) is 0 Å². The van der Waals surface area contributed by atoms with Crippen molar-refractivity contribution in [3.05, 3.63) is 17.0 Å². The van der Waals surface area contributed by atoms with E-state index in [4.69, 9.17) is 5.26 Å². The fourth-order valence-corrected chi connectivity index (χ4v) is 1.84. The fraction of sp³-hybridized carbons (Fsp3) is 0.500. The van der Waals surface area contributed by atoms with Crippen molar-refractivity contribution in [1.29, 1.82) is 5.26 Å². The minimum absolute atomic E-state index is 0.0851. The van der Waals surface area contributed by atoms with Gasteiger partial charge in [-0.05, 0) is 29.9 Å². The van der Waals surface area contributed by atoms with Gasteiger partial charge in [-0.25, -0.2) is 0 Å². The molecule has 70 valence electrons. The molecule has 1 unspecified atom stereocenters. The maximum Gasteiger partial charge on any atom is 0.117 e. The largest absolute Gasteiger partial charge is 0.361 e. The second kappa shape index (κ2) is 4.29. The smallest absolute Gasteiger partial charge is 0.117 e. The summed E-state index contributed by atoms with van der Waals surface area (Å²) < 4.78 is 0. The minimum atomic E-state index is -0.0851. The van der Waals surface area contributed by atoms with E-state index < -0.39 is 0 Å². The van der Waals surface area contributed by atoms with Crippen LogP contribution in [0.5, 0.6) is 0 Å². The Labute approximate surface area is 83.2 Å². The first-order valence-corrected chi connectivity index (χ1v) is 5.22. The summed E-state index contributed by atoms with van der Waals surface area (Å²) in [5.74, 6) is 0.340. The van der Waals surface area contributed by atoms with Gasteiger partial charge in [0.1, 0.15) is 6.04 Å². The van der Waals surface area contributed by atoms with Gasteiger partial charge in [-0.1, -0.05) is 13.8 Å². The van der Waals surface area contributed by atoms with Crippen LogP contribution in [0, 0.1) is 24.2 Å². The van der Waals surface area contributed by atoms with Gasteiger partial charge in [0.15, 0.2) is 0 Å². The van der Waals surface area contributed by atoms with E-state index in [-0.39, 0.29) is 6.04 Å². The monoisotopic (exact) mass is 194 g/mol. The SMILES string of the molecule is Cc1csc(NC(C#N)C(C)C)c1. The molecule has 0 aliphatic rings. The lowest BCUT2D eigenvalue weighted by atomic mass is 10.1. The number of anilines is 1. The molecule has 0 aliphatic heterocycles. The number of aryl methyl sites for hydroxylation is 1. The van der Waals surface area contributed by atoms with E-state index in [0.29, 0.717) is 5.92 Å². The molecule has 0 radical (unpaired) electrons. The van der Waals surface area contributed by atoms with Crippen molar-refractivity contribution in [1.82, 2.24) is 0 Å². The van der Waals surface area contributed by atoms with Crippen molar-refractivity contribution in [2.75, 3.05) is 5.32 Å². The molecule has 1 heterocycles. The third kappa shape index (κ3) is 2.74. The first-order chi connectivity index (χ1) is 6.13. The number of nitriles is 1. The molecule has 0 aliphatic carbocycles. The van der Waals surface area contributed by atoms with Crippen molar-refractivity contribution in [3.8, 4) is 6.07 Å². The van der Waals surface area contributed by atoms with Crippen molar-refractivity contribution in [2.24, 2.45) is 5.92 Å². The van der Waals surface area contributed by atoms with Crippen molar-refractivity contribution < 1.29 is 0 Å². The first-order valence-electron chi connectivity index (χ1n) is 4.34. The Morgan fingerprint density at radius 2 is 2.23 bits per heavy atom. The summed E-state index contributed by atoms with van der Waals surface area (Å²) >= 11 is 1.65. The Bertz CT molecular complexity index is 309. The summed E-state index contributed by atoms with van der Waals surface area (Å²) in [5, 5.41) is 15.2. The van der Waals surface area contributed by atoms with Gasteiger partial charge in [-0.3, -0.25) is 0 Å². The number of hydrogen-bond donors (Lipinski definition) is 1. The van der Waals surface area contributed by atoms with Gasteiger partial charge in [0, 0.05) is 0 Å². The van der Waals surface area contributed by atoms with Crippen LogP contribution in [0.4, 0.5) is 5.00 Å². The summed E-state index contributed by atoms with van der Waals surface area (Å²) in [5.41, 5.74) is 1.24. The first kappa shape index (κ1) is 10.1. The van der Waals surface area contributed by atoms with Crippen LogP contribution in [-0.2, 0) is 0 Å². The lowest BCUT2D eigenvalue weighted by Crippen LogP contribution is -2.22. The topological polar surface area (TPSA) is 35.8 Å². The molecule has 0 spiro atoms. The number of nitrogens with zero attached hydrogens (tertiary/aromatic N) is 1. The zero-order chi connectivity index (χ0) is 9.84. The predicted molar refractivity (Wildman–Crippen MR) is 56.9 cm³/mol. The maximum atomic E-state index is 8.86. The number of nitrogens with one attached hydrogen (secondary N) is 1. The highest BCUT2D eigenvalue weighted by molar-refractivity contribution is 7.14. The Morgan fingerprint density at radius 1 is 1.54 bits per heavy atom. The highest BCUT2D eigenvalue weighted by atomic mass is 32.1. The van der Waals surface area contributed by atoms with E-state index in [9.17, 15) is 0 Å². The van der Waals surface area contributed by atoms with Crippen molar-refractivity contribution in [2.45, 2.75) is 26.8 Å². The van der Waals surface area contributed by atoms with E-state index in [1.807, 2.05) is 13.8 Å². The second-order valence-electron chi connectivity index (χ2n) is 3.48. The highest BCUT2D eigenvalue weighted by Gasteiger charge is 2.11. The summed E-state index contributed by atoms with van der Waals surface area (Å²) in [6.07, 6.45) is 0. The number of rotatable bonds is 3. The van der Waals surface area contributed by atoms with E-state index >= 15 is 0 Å². The van der Waals surface area contributed by atoms with Crippen LogP contribution < -0.4 is 5.32 Å². The fourth-order valence-electron chi connectivity index (χ4n) is 1.01. The van der Waals surface area contributed by atoms with Crippen LogP contribution in [0.1, 0.15) is 19.4 Å². The molecule has 1 aromatic rings. The van der Waals surface area contributed by atoms with Crippen LogP contribution in [0.3, 0.4) is 0 Å². The normalized spacial score (nSPS) is 12.5. The minimum Gasteiger partial charge on any atom is -0.361 e. The van der Waals surface area contributed by atoms with Crippen LogP contribution >= 0.6 is 11.3 Å². The molecule has 0 saturated heterocycles. The van der Waals surface area contributed by atoms with Crippen LogP contribution in [0.15, 0.2) is 11.4 Å². The average Bonchev–Trinajstić information content (AvgIpc) is 2.46. The Balaban J connectivity index is 2.63. The van der Waals surface area contributed by atoms with Crippen molar-refractivity contribution >= 4 is 16.3 Å². The average molecular weight is 194 g/mol. The van der Waals surface area contributed by atoms with E-state index in [0.717, 1.165) is 5.00 Å². The molecule has 1 aromatic heterocycles. The Morgan fingerprint density at radius 3 is 2.62 bits per heavy atom. The van der Waals surface area contributed by atoms with Crippen LogP contribution in [0.2, 0.25) is 0 Å². The molecule has 0 bridgehead atoms. The van der Waals surface area contributed by atoms with E-state index in [2.05, 4.69) is 29.8 Å². The molecular weight excluding hydrogens is 180 g/mol. The quantitative estimate of drug-likeness (QED) is 0.802. The summed E-state index contributed by atoms with van der Waals surface area (Å²) in [6, 6.07) is 4.24. The Kier molecular flexibility index (Phi) is 3.32. The third-order valence-electron chi connectivity index (χ3n) is 1.83. The second-order valence-corrected chi connectivity index (χ2v) is 4.39. The lowest BCUT2D eigenvalue weighted by molar-refractivity contribution is 0.610. The molecule has 0 aromatic carbocycles. The van der Waals surface area contributed by atoms with Crippen LogP contribution in [0.25, 0.3) is 0 Å². The van der Waals surface area contributed by atoms with E-state index in [1.54, 1.807) is 11.3 Å². The lowest BCUT2D eigenvalue weighted by Gasteiger charge is -2.14. The zero-order valence-corrected chi connectivity index (χ0v) is 8.98. The molecule has 0 amide bonds. The standard InChI is InChI=1S/C10H14N2S/c1-7(2)9(5-11)12-10-4-8(3)6-13-10/h4,6-7,9,12H,1-3H3. The molecular formula is C10H14N2S. The molecule has 1 atom stereocenters. The van der Waals surface area contributed by atoms with Gasteiger partial charge in [0.25, 0.3) is 0 Å².